The molecule has 0 saturated carbocycles. The topological polar surface area (TPSA) is 54.0 Å². The van der Waals surface area contributed by atoms with Crippen LogP contribution in [0.5, 0.6) is 0 Å². The number of carbonyl (C=O) groups excluding carboxylic acids is 1. The highest BCUT2D eigenvalue weighted by Gasteiger charge is 2.29. The van der Waals surface area contributed by atoms with Gasteiger partial charge in [0.25, 0.3) is 5.91 Å². The number of anilines is 1. The van der Waals surface area contributed by atoms with Crippen molar-refractivity contribution in [2.24, 2.45) is 0 Å². The van der Waals surface area contributed by atoms with Gasteiger partial charge in [0, 0.05) is 11.6 Å². The molecule has 1 aliphatic rings. The van der Waals surface area contributed by atoms with Crippen molar-refractivity contribution in [3.63, 3.8) is 0 Å². The van der Waals surface area contributed by atoms with E-state index in [4.69, 9.17) is 0 Å². The second-order valence-corrected chi connectivity index (χ2v) is 5.83. The van der Waals surface area contributed by atoms with E-state index in [0.29, 0.717) is 4.88 Å². The van der Waals surface area contributed by atoms with E-state index < -0.39 is 0 Å². The summed E-state index contributed by atoms with van der Waals surface area (Å²) >= 11 is 1.43. The number of thiophene rings is 1. The maximum atomic E-state index is 12.3. The molecule has 0 radical (unpaired) electrons. The van der Waals surface area contributed by atoms with Crippen LogP contribution in [0.3, 0.4) is 0 Å². The van der Waals surface area contributed by atoms with Crippen molar-refractivity contribution in [3.8, 4) is 0 Å². The van der Waals surface area contributed by atoms with E-state index >= 15 is 0 Å². The van der Waals surface area contributed by atoms with Crippen molar-refractivity contribution >= 4 is 33.1 Å². The minimum absolute atomic E-state index is 0.0309. The average molecular weight is 299 g/mol. The molecule has 0 aromatic carbocycles. The summed E-state index contributed by atoms with van der Waals surface area (Å²) in [4.78, 5) is 18.3. The predicted octanol–water partition coefficient (Wildman–Crippen LogP) is 3.69. The van der Waals surface area contributed by atoms with Crippen LogP contribution in [-0.4, -0.2) is 17.1 Å². The number of fused-ring (bicyclic) bond motifs is 3. The Bertz CT molecular complexity index is 745. The number of rotatable bonds is 3. The van der Waals surface area contributed by atoms with E-state index in [1.165, 1.54) is 11.3 Å². The summed E-state index contributed by atoms with van der Waals surface area (Å²) in [6.07, 6.45) is 8.49. The molecule has 2 aromatic heterocycles. The molecule has 2 aromatic rings. The van der Waals surface area contributed by atoms with Crippen LogP contribution >= 0.6 is 11.3 Å². The molecular formula is C16H17N3OS. The molecule has 3 heterocycles. The van der Waals surface area contributed by atoms with Gasteiger partial charge in [0.15, 0.2) is 0 Å². The molecule has 1 aliphatic heterocycles. The van der Waals surface area contributed by atoms with Gasteiger partial charge in [0.2, 0.25) is 0 Å². The predicted molar refractivity (Wildman–Crippen MR) is 87.7 cm³/mol. The fourth-order valence-corrected chi connectivity index (χ4v) is 3.45. The lowest BCUT2D eigenvalue weighted by Crippen LogP contribution is -2.45. The van der Waals surface area contributed by atoms with Gasteiger partial charge in [-0.15, -0.1) is 11.3 Å². The molecule has 5 heteroatoms. The Morgan fingerprint density at radius 3 is 3.10 bits per heavy atom. The van der Waals surface area contributed by atoms with E-state index in [0.717, 1.165) is 27.9 Å². The van der Waals surface area contributed by atoms with Crippen LogP contribution in [0.25, 0.3) is 10.2 Å². The Hall–Kier alpha value is -2.14. The molecule has 0 bridgehead atoms. The van der Waals surface area contributed by atoms with Gasteiger partial charge in [-0.05, 0) is 31.1 Å². The summed E-state index contributed by atoms with van der Waals surface area (Å²) < 4.78 is 0. The van der Waals surface area contributed by atoms with E-state index in [1.807, 2.05) is 31.2 Å². The fourth-order valence-electron chi connectivity index (χ4n) is 2.44. The van der Waals surface area contributed by atoms with Gasteiger partial charge >= 0.3 is 0 Å². The Kier molecular flexibility index (Phi) is 3.75. The first kappa shape index (κ1) is 13.8. The smallest absolute Gasteiger partial charge is 0.265 e. The number of allylic oxidation sites excluding steroid dienone is 3. The second kappa shape index (κ2) is 5.69. The maximum Gasteiger partial charge on any atom is 0.265 e. The second-order valence-electron chi connectivity index (χ2n) is 4.83. The van der Waals surface area contributed by atoms with Crippen LogP contribution in [0, 0.1) is 0 Å². The quantitative estimate of drug-likeness (QED) is 0.850. The van der Waals surface area contributed by atoms with E-state index in [-0.39, 0.29) is 12.1 Å². The monoisotopic (exact) mass is 299 g/mol. The first-order chi connectivity index (χ1) is 10.2. The molecule has 0 fully saturated rings. The lowest BCUT2D eigenvalue weighted by atomic mass is 10.1. The van der Waals surface area contributed by atoms with Crippen LogP contribution in [-0.2, 0) is 0 Å². The molecule has 4 nitrogen and oxygen atoms in total. The first-order valence-corrected chi connectivity index (χ1v) is 7.83. The minimum atomic E-state index is -0.163. The zero-order valence-corrected chi connectivity index (χ0v) is 12.8. The lowest BCUT2D eigenvalue weighted by molar-refractivity contribution is 0.0945. The van der Waals surface area contributed by atoms with Gasteiger partial charge in [-0.25, -0.2) is 4.98 Å². The summed E-state index contributed by atoms with van der Waals surface area (Å²) in [7, 11) is 0. The Labute approximate surface area is 127 Å². The van der Waals surface area contributed by atoms with Gasteiger partial charge in [0.05, 0.1) is 5.69 Å². The van der Waals surface area contributed by atoms with E-state index in [1.54, 1.807) is 6.20 Å². The molecule has 1 unspecified atom stereocenters. The van der Waals surface area contributed by atoms with Gasteiger partial charge in [0.1, 0.15) is 15.9 Å². The van der Waals surface area contributed by atoms with Crippen molar-refractivity contribution in [2.75, 3.05) is 5.32 Å². The molecule has 3 rings (SSSR count). The molecule has 1 amide bonds. The highest BCUT2D eigenvalue weighted by atomic mass is 32.1. The SMILES string of the molecule is C/C=C\C=C(/CC)C1NC(=O)c2sc3ncccc3c2N1. The average Bonchev–Trinajstić information content (AvgIpc) is 2.88. The number of aromatic nitrogens is 1. The number of carbonyl (C=O) groups is 1. The third-order valence-electron chi connectivity index (χ3n) is 3.52. The summed E-state index contributed by atoms with van der Waals surface area (Å²) in [6, 6.07) is 3.90. The van der Waals surface area contributed by atoms with E-state index in [9.17, 15) is 4.79 Å². The molecular weight excluding hydrogens is 282 g/mol. The molecule has 0 aliphatic carbocycles. The summed E-state index contributed by atoms with van der Waals surface area (Å²) in [5, 5.41) is 7.48. The van der Waals surface area contributed by atoms with Crippen molar-refractivity contribution in [2.45, 2.75) is 26.4 Å². The number of hydrogen-bond donors (Lipinski definition) is 2. The highest BCUT2D eigenvalue weighted by molar-refractivity contribution is 7.21. The molecule has 108 valence electrons. The Morgan fingerprint density at radius 2 is 2.33 bits per heavy atom. The molecule has 2 N–H and O–H groups in total. The molecule has 21 heavy (non-hydrogen) atoms. The zero-order valence-electron chi connectivity index (χ0n) is 12.0. The largest absolute Gasteiger partial charge is 0.360 e. The number of nitrogens with zero attached hydrogens (tertiary/aromatic N) is 1. The van der Waals surface area contributed by atoms with Crippen LogP contribution in [0.1, 0.15) is 29.9 Å². The highest BCUT2D eigenvalue weighted by Crippen LogP contribution is 2.37. The third-order valence-corrected chi connectivity index (χ3v) is 4.63. The van der Waals surface area contributed by atoms with Gasteiger partial charge in [-0.3, -0.25) is 4.79 Å². The Balaban J connectivity index is 2.03. The molecule has 1 atom stereocenters. The van der Waals surface area contributed by atoms with Crippen LogP contribution in [0.2, 0.25) is 0 Å². The van der Waals surface area contributed by atoms with Gasteiger partial charge in [-0.2, -0.15) is 0 Å². The van der Waals surface area contributed by atoms with Crippen molar-refractivity contribution < 1.29 is 4.79 Å². The normalized spacial score (nSPS) is 18.7. The fraction of sp³-hybridized carbons (Fsp3) is 0.250. The van der Waals surface area contributed by atoms with Crippen LogP contribution < -0.4 is 10.6 Å². The van der Waals surface area contributed by atoms with Gasteiger partial charge in [-0.1, -0.05) is 25.2 Å². The number of nitrogens with one attached hydrogen (secondary N) is 2. The molecule has 0 saturated heterocycles. The summed E-state index contributed by atoms with van der Waals surface area (Å²) in [5.74, 6) is -0.0309. The lowest BCUT2D eigenvalue weighted by Gasteiger charge is -2.27. The van der Waals surface area contributed by atoms with Gasteiger partial charge < -0.3 is 10.6 Å². The summed E-state index contributed by atoms with van der Waals surface area (Å²) in [5.41, 5.74) is 2.05. The number of pyridine rings is 1. The van der Waals surface area contributed by atoms with Crippen LogP contribution in [0.15, 0.2) is 42.1 Å². The third kappa shape index (κ3) is 2.45. The zero-order chi connectivity index (χ0) is 14.8. The summed E-state index contributed by atoms with van der Waals surface area (Å²) in [6.45, 7) is 4.07. The minimum Gasteiger partial charge on any atom is -0.360 e. The van der Waals surface area contributed by atoms with Crippen LogP contribution in [0.4, 0.5) is 5.69 Å². The van der Waals surface area contributed by atoms with Crippen molar-refractivity contribution in [1.82, 2.24) is 10.3 Å². The molecule has 0 spiro atoms. The number of hydrogen-bond acceptors (Lipinski definition) is 4. The van der Waals surface area contributed by atoms with E-state index in [2.05, 4.69) is 28.6 Å². The Morgan fingerprint density at radius 1 is 1.48 bits per heavy atom. The van der Waals surface area contributed by atoms with Crippen molar-refractivity contribution in [3.05, 3.63) is 47.0 Å². The standard InChI is InChI=1S/C16H17N3OS/c1-3-5-7-10(4-2)14-18-12-11-8-6-9-17-16(11)21-13(12)15(20)19-14/h3,5-9,14,18H,4H2,1-2H3,(H,19,20)/b5-3-,10-7+. The number of amides is 1. The van der Waals surface area contributed by atoms with Crippen molar-refractivity contribution in [1.29, 1.82) is 0 Å². The maximum absolute atomic E-state index is 12.3. The first-order valence-electron chi connectivity index (χ1n) is 7.01.